The molecule has 0 spiro atoms. The van der Waals surface area contributed by atoms with Gasteiger partial charge in [-0.25, -0.2) is 5.43 Å². The van der Waals surface area contributed by atoms with Crippen molar-refractivity contribution in [1.82, 2.24) is 5.43 Å². The normalized spacial score (nSPS) is 10.6. The number of hydrogen-bond acceptors (Lipinski definition) is 4. The van der Waals surface area contributed by atoms with E-state index >= 15 is 0 Å². The zero-order chi connectivity index (χ0) is 16.1. The molecule has 8 heteroatoms. The number of hydrazone groups is 1. The summed E-state index contributed by atoms with van der Waals surface area (Å²) in [6, 6.07) is 10.7. The minimum Gasteiger partial charge on any atom is -0.267 e. The van der Waals surface area contributed by atoms with Gasteiger partial charge in [0.2, 0.25) is 0 Å². The third-order valence-corrected chi connectivity index (χ3v) is 3.31. The molecule has 0 aliphatic heterocycles. The molecule has 0 aliphatic rings. The number of carbonyl (C=O) groups is 1. The Morgan fingerprint density at radius 3 is 2.59 bits per heavy atom. The van der Waals surface area contributed by atoms with Gasteiger partial charge in [-0.15, -0.1) is 0 Å². The molecular weight excluding hydrogens is 329 g/mol. The summed E-state index contributed by atoms with van der Waals surface area (Å²) in [4.78, 5) is 22.0. The van der Waals surface area contributed by atoms with Crippen molar-refractivity contribution >= 4 is 41.0 Å². The van der Waals surface area contributed by atoms with Crippen LogP contribution in [0.5, 0.6) is 0 Å². The summed E-state index contributed by atoms with van der Waals surface area (Å²) in [5.41, 5.74) is 2.77. The molecule has 0 aromatic heterocycles. The van der Waals surface area contributed by atoms with E-state index in [1.54, 1.807) is 30.3 Å². The van der Waals surface area contributed by atoms with Crippen molar-refractivity contribution < 1.29 is 9.72 Å². The van der Waals surface area contributed by atoms with E-state index in [0.29, 0.717) is 10.6 Å². The number of nitrogens with one attached hydrogen (secondary N) is 1. The van der Waals surface area contributed by atoms with E-state index in [1.807, 2.05) is 0 Å². The van der Waals surface area contributed by atoms with E-state index in [0.717, 1.165) is 0 Å². The Hall–Kier alpha value is -2.44. The van der Waals surface area contributed by atoms with Crippen molar-refractivity contribution in [3.05, 3.63) is 73.8 Å². The molecule has 22 heavy (non-hydrogen) atoms. The van der Waals surface area contributed by atoms with E-state index in [-0.39, 0.29) is 16.3 Å². The molecule has 2 aromatic rings. The number of nitro groups is 1. The lowest BCUT2D eigenvalue weighted by Gasteiger charge is -2.01. The van der Waals surface area contributed by atoms with Gasteiger partial charge in [-0.3, -0.25) is 14.9 Å². The van der Waals surface area contributed by atoms with E-state index in [9.17, 15) is 14.9 Å². The minimum absolute atomic E-state index is 0.0299. The lowest BCUT2D eigenvalue weighted by atomic mass is 10.2. The summed E-state index contributed by atoms with van der Waals surface area (Å²) in [7, 11) is 0. The Morgan fingerprint density at radius 1 is 1.18 bits per heavy atom. The number of benzene rings is 2. The molecule has 0 unspecified atom stereocenters. The third-order valence-electron chi connectivity index (χ3n) is 2.67. The molecule has 0 radical (unpaired) electrons. The maximum Gasteiger partial charge on any atom is 0.288 e. The first-order valence-electron chi connectivity index (χ1n) is 6.01. The topological polar surface area (TPSA) is 84.6 Å². The summed E-state index contributed by atoms with van der Waals surface area (Å²) in [5, 5.41) is 14.8. The van der Waals surface area contributed by atoms with E-state index in [4.69, 9.17) is 23.2 Å². The molecular formula is C14H9Cl2N3O3. The fourth-order valence-electron chi connectivity index (χ4n) is 1.62. The fraction of sp³-hybridized carbons (Fsp3) is 0. The summed E-state index contributed by atoms with van der Waals surface area (Å²) in [6.45, 7) is 0. The molecule has 1 amide bonds. The second kappa shape index (κ2) is 7.02. The molecule has 0 aliphatic carbocycles. The number of halogens is 2. The highest BCUT2D eigenvalue weighted by atomic mass is 35.5. The molecule has 6 nitrogen and oxygen atoms in total. The number of rotatable bonds is 4. The summed E-state index contributed by atoms with van der Waals surface area (Å²) in [6.07, 6.45) is 1.28. The Morgan fingerprint density at radius 2 is 1.91 bits per heavy atom. The maximum absolute atomic E-state index is 11.8. The number of amides is 1. The Balaban J connectivity index is 2.10. The molecule has 0 saturated heterocycles. The number of nitro benzene ring substituents is 1. The highest BCUT2D eigenvalue weighted by Gasteiger charge is 2.12. The molecule has 2 rings (SSSR count). The van der Waals surface area contributed by atoms with Gasteiger partial charge in [0.05, 0.1) is 21.7 Å². The zero-order valence-corrected chi connectivity index (χ0v) is 12.5. The zero-order valence-electron chi connectivity index (χ0n) is 11.0. The lowest BCUT2D eigenvalue weighted by molar-refractivity contribution is -0.384. The van der Waals surface area contributed by atoms with Gasteiger partial charge in [0.15, 0.2) is 0 Å². The molecule has 0 atom stereocenters. The average Bonchev–Trinajstić information content (AvgIpc) is 2.49. The van der Waals surface area contributed by atoms with Crippen molar-refractivity contribution in [2.24, 2.45) is 5.10 Å². The molecule has 0 fully saturated rings. The highest BCUT2D eigenvalue weighted by Crippen LogP contribution is 2.24. The lowest BCUT2D eigenvalue weighted by Crippen LogP contribution is -2.17. The summed E-state index contributed by atoms with van der Waals surface area (Å²) in [5.74, 6) is -0.481. The number of carbonyl (C=O) groups excluding carboxylic acids is 1. The predicted octanol–water partition coefficient (Wildman–Crippen LogP) is 3.67. The molecule has 0 saturated carbocycles. The van der Waals surface area contributed by atoms with Crippen LogP contribution in [-0.2, 0) is 0 Å². The molecule has 2 aromatic carbocycles. The number of nitrogens with zero attached hydrogens (tertiary/aromatic N) is 2. The second-order valence-corrected chi connectivity index (χ2v) is 4.96. The van der Waals surface area contributed by atoms with Gasteiger partial charge in [0, 0.05) is 11.6 Å². The highest BCUT2D eigenvalue weighted by molar-refractivity contribution is 6.33. The van der Waals surface area contributed by atoms with Crippen molar-refractivity contribution in [2.45, 2.75) is 0 Å². The first kappa shape index (κ1) is 15.9. The van der Waals surface area contributed by atoms with Crippen LogP contribution in [0.1, 0.15) is 15.9 Å². The van der Waals surface area contributed by atoms with Crippen molar-refractivity contribution in [3.8, 4) is 0 Å². The largest absolute Gasteiger partial charge is 0.288 e. The SMILES string of the molecule is O=C(N/N=C/c1ccc(Cl)c([N+](=O)[O-])c1)c1ccccc1Cl. The predicted molar refractivity (Wildman–Crippen MR) is 84.6 cm³/mol. The molecule has 0 bridgehead atoms. The Bertz CT molecular complexity index is 763. The van der Waals surface area contributed by atoms with Crippen LogP contribution in [0.25, 0.3) is 0 Å². The van der Waals surface area contributed by atoms with E-state index in [2.05, 4.69) is 10.5 Å². The van der Waals surface area contributed by atoms with Crippen LogP contribution < -0.4 is 5.43 Å². The summed E-state index contributed by atoms with van der Waals surface area (Å²) >= 11 is 11.6. The van der Waals surface area contributed by atoms with E-state index < -0.39 is 10.8 Å². The smallest absolute Gasteiger partial charge is 0.267 e. The van der Waals surface area contributed by atoms with Crippen molar-refractivity contribution in [2.75, 3.05) is 0 Å². The van der Waals surface area contributed by atoms with Crippen LogP contribution in [0.3, 0.4) is 0 Å². The van der Waals surface area contributed by atoms with Gasteiger partial charge in [-0.05, 0) is 18.2 Å². The monoisotopic (exact) mass is 337 g/mol. The third kappa shape index (κ3) is 3.81. The first-order valence-corrected chi connectivity index (χ1v) is 6.76. The standard InChI is InChI=1S/C14H9Cl2N3O3/c15-11-4-2-1-3-10(11)14(20)18-17-8-9-5-6-12(16)13(7-9)19(21)22/h1-8H,(H,18,20)/b17-8+. The molecule has 112 valence electrons. The van der Waals surface area contributed by atoms with Gasteiger partial charge in [0.1, 0.15) is 5.02 Å². The van der Waals surface area contributed by atoms with Crippen LogP contribution in [0, 0.1) is 10.1 Å². The minimum atomic E-state index is -0.595. The quantitative estimate of drug-likeness (QED) is 0.524. The number of hydrogen-bond donors (Lipinski definition) is 1. The van der Waals surface area contributed by atoms with Crippen molar-refractivity contribution in [1.29, 1.82) is 0 Å². The van der Waals surface area contributed by atoms with E-state index in [1.165, 1.54) is 18.3 Å². The Kier molecular flexibility index (Phi) is 5.08. The van der Waals surface area contributed by atoms with Crippen LogP contribution in [-0.4, -0.2) is 17.0 Å². The average molecular weight is 338 g/mol. The van der Waals surface area contributed by atoms with Crippen LogP contribution in [0.2, 0.25) is 10.0 Å². The summed E-state index contributed by atoms with van der Waals surface area (Å²) < 4.78 is 0. The Labute approximate surface area is 135 Å². The fourth-order valence-corrected chi connectivity index (χ4v) is 2.03. The van der Waals surface area contributed by atoms with Crippen LogP contribution >= 0.6 is 23.2 Å². The molecule has 1 N–H and O–H groups in total. The van der Waals surface area contributed by atoms with Gasteiger partial charge in [0.25, 0.3) is 11.6 Å². The van der Waals surface area contributed by atoms with Gasteiger partial charge >= 0.3 is 0 Å². The first-order chi connectivity index (χ1) is 10.5. The second-order valence-electron chi connectivity index (χ2n) is 4.15. The maximum atomic E-state index is 11.8. The van der Waals surface area contributed by atoms with Gasteiger partial charge in [-0.2, -0.15) is 5.10 Å². The van der Waals surface area contributed by atoms with Gasteiger partial charge < -0.3 is 0 Å². The van der Waals surface area contributed by atoms with Gasteiger partial charge in [-0.1, -0.05) is 41.4 Å². The van der Waals surface area contributed by atoms with Crippen LogP contribution in [0.4, 0.5) is 5.69 Å². The van der Waals surface area contributed by atoms with Crippen molar-refractivity contribution in [3.63, 3.8) is 0 Å². The van der Waals surface area contributed by atoms with Crippen LogP contribution in [0.15, 0.2) is 47.6 Å². The molecule has 0 heterocycles.